The molecule has 0 bridgehead atoms. The van der Waals surface area contributed by atoms with Gasteiger partial charge >= 0.3 is 12.2 Å². The fourth-order valence-electron chi connectivity index (χ4n) is 2.82. The molecule has 0 radical (unpaired) electrons. The molecule has 3 rings (SSSR count). The Morgan fingerprint density at radius 2 is 2.00 bits per heavy atom. The van der Waals surface area contributed by atoms with Crippen LogP contribution in [0.4, 0.5) is 23.7 Å². The zero-order valence-corrected chi connectivity index (χ0v) is 15.0. The predicted molar refractivity (Wildman–Crippen MR) is 89.0 cm³/mol. The lowest BCUT2D eigenvalue weighted by molar-refractivity contribution is -0.141. The van der Waals surface area contributed by atoms with Crippen molar-refractivity contribution in [3.05, 3.63) is 35.2 Å². The molecule has 2 aromatic heterocycles. The Kier molecular flexibility index (Phi) is 5.05. The van der Waals surface area contributed by atoms with Gasteiger partial charge in [0, 0.05) is 19.6 Å². The Hall–Kier alpha value is -2.69. The van der Waals surface area contributed by atoms with Crippen LogP contribution in [0.15, 0.2) is 16.7 Å². The maximum absolute atomic E-state index is 12.7. The molecule has 1 fully saturated rings. The number of aromatic nitrogens is 3. The maximum atomic E-state index is 12.7. The summed E-state index contributed by atoms with van der Waals surface area (Å²) in [5.74, 6) is 0.923. The number of piperazine rings is 1. The van der Waals surface area contributed by atoms with Gasteiger partial charge in [0.15, 0.2) is 5.82 Å². The van der Waals surface area contributed by atoms with E-state index in [0.29, 0.717) is 31.3 Å². The monoisotopic (exact) mass is 384 g/mol. The summed E-state index contributed by atoms with van der Waals surface area (Å²) in [6.07, 6.45) is -4.53. The highest BCUT2D eigenvalue weighted by Gasteiger charge is 2.34. The van der Waals surface area contributed by atoms with Crippen molar-refractivity contribution < 1.29 is 22.5 Å². The molecule has 1 N–H and O–H groups in total. The second-order valence-corrected chi connectivity index (χ2v) is 6.38. The van der Waals surface area contributed by atoms with Gasteiger partial charge in [0.2, 0.25) is 5.89 Å². The lowest BCUT2D eigenvalue weighted by atomic mass is 10.2. The number of carbonyl (C=O) groups is 1. The summed E-state index contributed by atoms with van der Waals surface area (Å²) in [4.78, 5) is 23.9. The van der Waals surface area contributed by atoms with Crippen LogP contribution < -0.4 is 5.32 Å². The smallest absolute Gasteiger partial charge is 0.338 e. The van der Waals surface area contributed by atoms with Crippen molar-refractivity contribution in [2.24, 2.45) is 0 Å². The number of carbonyl (C=O) groups excluding carboxylic acids is 1. The molecular weight excluding hydrogens is 365 g/mol. The molecule has 0 aromatic carbocycles. The first-order valence-corrected chi connectivity index (χ1v) is 8.26. The van der Waals surface area contributed by atoms with E-state index in [9.17, 15) is 18.0 Å². The fraction of sp³-hybridized carbons (Fsp3) is 0.500. The molecule has 1 aliphatic rings. The van der Waals surface area contributed by atoms with Gasteiger partial charge in [-0.25, -0.2) is 9.78 Å². The van der Waals surface area contributed by atoms with E-state index in [1.54, 1.807) is 11.8 Å². The second-order valence-electron chi connectivity index (χ2n) is 6.38. The summed E-state index contributed by atoms with van der Waals surface area (Å²) in [7, 11) is 1.89. The van der Waals surface area contributed by atoms with Gasteiger partial charge in [-0.05, 0) is 33.0 Å². The molecule has 0 aliphatic carbocycles. The topological polar surface area (TPSA) is 87.4 Å². The van der Waals surface area contributed by atoms with Gasteiger partial charge < -0.3 is 14.7 Å². The van der Waals surface area contributed by atoms with Crippen molar-refractivity contribution in [1.29, 1.82) is 0 Å². The second kappa shape index (κ2) is 7.14. The SMILES string of the molecule is Cc1noc(C2CN(C(=O)Nc3ccc(C(F)(F)F)nc3C)CCN2C)n1. The maximum Gasteiger partial charge on any atom is 0.433 e. The van der Waals surface area contributed by atoms with E-state index >= 15 is 0 Å². The number of urea groups is 1. The molecule has 11 heteroatoms. The fourth-order valence-corrected chi connectivity index (χ4v) is 2.82. The van der Waals surface area contributed by atoms with Crippen LogP contribution in [-0.4, -0.2) is 57.6 Å². The van der Waals surface area contributed by atoms with Gasteiger partial charge in [0.1, 0.15) is 11.7 Å². The zero-order valence-electron chi connectivity index (χ0n) is 15.0. The number of rotatable bonds is 2. The van der Waals surface area contributed by atoms with Crippen LogP contribution in [0, 0.1) is 13.8 Å². The number of likely N-dealkylation sites (N-methyl/N-ethyl adjacent to an activating group) is 1. The van der Waals surface area contributed by atoms with Crippen LogP contribution in [0.3, 0.4) is 0 Å². The van der Waals surface area contributed by atoms with Crippen molar-refractivity contribution in [3.63, 3.8) is 0 Å². The summed E-state index contributed by atoms with van der Waals surface area (Å²) in [5.41, 5.74) is -0.669. The van der Waals surface area contributed by atoms with E-state index in [-0.39, 0.29) is 17.4 Å². The zero-order chi connectivity index (χ0) is 19.8. The normalized spacial score (nSPS) is 18.6. The highest BCUT2D eigenvalue weighted by Crippen LogP contribution is 2.29. The molecular formula is C16H19F3N6O2. The molecule has 1 atom stereocenters. The summed E-state index contributed by atoms with van der Waals surface area (Å²) in [6, 6.07) is 1.38. The third-order valence-electron chi connectivity index (χ3n) is 4.38. The van der Waals surface area contributed by atoms with E-state index in [2.05, 4.69) is 20.4 Å². The number of alkyl halides is 3. The minimum atomic E-state index is -4.53. The Morgan fingerprint density at radius 1 is 1.26 bits per heavy atom. The van der Waals surface area contributed by atoms with Gasteiger partial charge in [-0.3, -0.25) is 4.90 Å². The number of halogens is 3. The molecule has 8 nitrogen and oxygen atoms in total. The van der Waals surface area contributed by atoms with Gasteiger partial charge in [-0.15, -0.1) is 0 Å². The summed E-state index contributed by atoms with van der Waals surface area (Å²) in [6.45, 7) is 4.49. The van der Waals surface area contributed by atoms with Crippen LogP contribution in [0.2, 0.25) is 0 Å². The summed E-state index contributed by atoms with van der Waals surface area (Å²) < 4.78 is 43.3. The molecule has 0 spiro atoms. The molecule has 1 unspecified atom stereocenters. The van der Waals surface area contributed by atoms with E-state index < -0.39 is 17.9 Å². The van der Waals surface area contributed by atoms with Crippen molar-refractivity contribution in [1.82, 2.24) is 24.9 Å². The van der Waals surface area contributed by atoms with Crippen LogP contribution in [0.5, 0.6) is 0 Å². The molecule has 1 saturated heterocycles. The number of amides is 2. The van der Waals surface area contributed by atoms with Crippen molar-refractivity contribution in [2.45, 2.75) is 26.1 Å². The summed E-state index contributed by atoms with van der Waals surface area (Å²) in [5, 5.41) is 6.39. The third-order valence-corrected chi connectivity index (χ3v) is 4.38. The van der Waals surface area contributed by atoms with Crippen LogP contribution in [-0.2, 0) is 6.18 Å². The van der Waals surface area contributed by atoms with Gasteiger partial charge in [-0.1, -0.05) is 5.16 Å². The Bertz CT molecular complexity index is 838. The molecule has 1 aliphatic heterocycles. The average molecular weight is 384 g/mol. The average Bonchev–Trinajstić information content (AvgIpc) is 3.02. The summed E-state index contributed by atoms with van der Waals surface area (Å²) >= 11 is 0. The Morgan fingerprint density at radius 3 is 2.59 bits per heavy atom. The predicted octanol–water partition coefficient (Wildman–Crippen LogP) is 2.62. The lowest BCUT2D eigenvalue weighted by Gasteiger charge is -2.37. The van der Waals surface area contributed by atoms with E-state index in [0.717, 1.165) is 6.07 Å². The first-order valence-electron chi connectivity index (χ1n) is 8.26. The number of pyridine rings is 1. The molecule has 2 amide bonds. The Labute approximate surface area is 153 Å². The van der Waals surface area contributed by atoms with Crippen molar-refractivity contribution in [3.8, 4) is 0 Å². The standard InChI is InChI=1S/C16H19F3N6O2/c1-9-11(4-5-13(20-9)16(17,18)19)22-15(26)25-7-6-24(3)12(8-25)14-21-10(2)23-27-14/h4-5,12H,6-8H2,1-3H3,(H,22,26). The Balaban J connectivity index is 1.71. The molecule has 27 heavy (non-hydrogen) atoms. The number of hydrogen-bond donors (Lipinski definition) is 1. The van der Waals surface area contributed by atoms with E-state index in [1.165, 1.54) is 13.0 Å². The minimum Gasteiger partial charge on any atom is -0.338 e. The molecule has 2 aromatic rings. The quantitative estimate of drug-likeness (QED) is 0.857. The van der Waals surface area contributed by atoms with Gasteiger partial charge in [0.25, 0.3) is 0 Å². The lowest BCUT2D eigenvalue weighted by Crippen LogP contribution is -2.50. The number of anilines is 1. The van der Waals surface area contributed by atoms with Crippen LogP contribution in [0.25, 0.3) is 0 Å². The number of nitrogens with one attached hydrogen (secondary N) is 1. The van der Waals surface area contributed by atoms with Crippen molar-refractivity contribution >= 4 is 11.7 Å². The van der Waals surface area contributed by atoms with Gasteiger partial charge in [-0.2, -0.15) is 18.2 Å². The first-order chi connectivity index (χ1) is 12.6. The third kappa shape index (κ3) is 4.18. The van der Waals surface area contributed by atoms with E-state index in [1.807, 2.05) is 11.9 Å². The largest absolute Gasteiger partial charge is 0.433 e. The van der Waals surface area contributed by atoms with Gasteiger partial charge in [0.05, 0.1) is 11.4 Å². The number of hydrogen-bond acceptors (Lipinski definition) is 6. The van der Waals surface area contributed by atoms with Crippen LogP contribution >= 0.6 is 0 Å². The first kappa shape index (κ1) is 19.1. The number of nitrogens with zero attached hydrogens (tertiary/aromatic N) is 5. The highest BCUT2D eigenvalue weighted by atomic mass is 19.4. The van der Waals surface area contributed by atoms with E-state index in [4.69, 9.17) is 4.52 Å². The highest BCUT2D eigenvalue weighted by molar-refractivity contribution is 5.90. The minimum absolute atomic E-state index is 0.0939. The van der Waals surface area contributed by atoms with Crippen molar-refractivity contribution in [2.75, 3.05) is 32.0 Å². The molecule has 0 saturated carbocycles. The van der Waals surface area contributed by atoms with Crippen LogP contribution in [0.1, 0.15) is 29.1 Å². The molecule has 146 valence electrons. The molecule has 3 heterocycles. The number of aryl methyl sites for hydroxylation is 2.